The lowest BCUT2D eigenvalue weighted by Crippen LogP contribution is -2.51. The van der Waals surface area contributed by atoms with Gasteiger partial charge in [0.15, 0.2) is 0 Å². The largest absolute Gasteiger partial charge is 0.448 e. The normalized spacial score (nSPS) is 22.9. The summed E-state index contributed by atoms with van der Waals surface area (Å²) >= 11 is 0. The summed E-state index contributed by atoms with van der Waals surface area (Å²) in [6.07, 6.45) is 0.915. The second-order valence-electron chi connectivity index (χ2n) is 7.93. The van der Waals surface area contributed by atoms with Gasteiger partial charge in [0.2, 0.25) is 0 Å². The predicted molar refractivity (Wildman–Crippen MR) is 106 cm³/mol. The molecule has 1 fully saturated rings. The first kappa shape index (κ1) is 18.1. The van der Waals surface area contributed by atoms with Crippen molar-refractivity contribution in [2.24, 2.45) is 5.92 Å². The molecule has 0 aromatic heterocycles. The van der Waals surface area contributed by atoms with Gasteiger partial charge in [-0.25, -0.2) is 4.79 Å². The molecule has 2 aromatic rings. The van der Waals surface area contributed by atoms with E-state index in [0.29, 0.717) is 19.1 Å². The van der Waals surface area contributed by atoms with Gasteiger partial charge in [0.1, 0.15) is 6.61 Å². The van der Waals surface area contributed by atoms with Crippen LogP contribution in [0.15, 0.2) is 48.5 Å². The summed E-state index contributed by atoms with van der Waals surface area (Å²) in [6.45, 7) is 4.90. The Morgan fingerprint density at radius 1 is 1.15 bits per heavy atom. The summed E-state index contributed by atoms with van der Waals surface area (Å²) in [5.41, 5.74) is 4.88. The van der Waals surface area contributed by atoms with Crippen molar-refractivity contribution in [3.63, 3.8) is 0 Å². The number of amides is 1. The fourth-order valence-corrected chi connectivity index (χ4v) is 4.54. The van der Waals surface area contributed by atoms with Gasteiger partial charge in [0, 0.05) is 12.5 Å². The van der Waals surface area contributed by atoms with Crippen LogP contribution >= 0.6 is 0 Å². The van der Waals surface area contributed by atoms with Crippen LogP contribution in [0.2, 0.25) is 0 Å². The molecule has 0 spiro atoms. The Morgan fingerprint density at radius 3 is 2.33 bits per heavy atom. The van der Waals surface area contributed by atoms with Gasteiger partial charge in [0.05, 0.1) is 12.1 Å². The highest BCUT2D eigenvalue weighted by atomic mass is 16.6. The van der Waals surface area contributed by atoms with Crippen LogP contribution in [0.3, 0.4) is 0 Å². The summed E-state index contributed by atoms with van der Waals surface area (Å²) in [5.74, 6) is 0.581. The van der Waals surface area contributed by atoms with Crippen molar-refractivity contribution in [3.05, 3.63) is 59.7 Å². The highest BCUT2D eigenvalue weighted by Crippen LogP contribution is 2.44. The molecule has 0 bridgehead atoms. The Bertz CT molecular complexity index is 786. The van der Waals surface area contributed by atoms with E-state index < -0.39 is 6.10 Å². The molecule has 2 aliphatic rings. The molecule has 1 aliphatic carbocycles. The van der Waals surface area contributed by atoms with E-state index in [2.05, 4.69) is 31.2 Å². The standard InChI is InChI=1S/C23H27NO3/c1-15-11-12-24(22(13-15)16(2)25)23(26)27-14-21-19-9-5-3-7-17(19)18-8-4-6-10-20(18)21/h3-10,15-16,21-22,25H,11-14H2,1-2H3. The number of hydrogen-bond acceptors (Lipinski definition) is 3. The van der Waals surface area contributed by atoms with E-state index in [9.17, 15) is 9.90 Å². The zero-order valence-corrected chi connectivity index (χ0v) is 16.0. The van der Waals surface area contributed by atoms with E-state index in [1.807, 2.05) is 24.3 Å². The van der Waals surface area contributed by atoms with Crippen molar-refractivity contribution in [2.45, 2.75) is 44.8 Å². The van der Waals surface area contributed by atoms with E-state index in [0.717, 1.165) is 12.8 Å². The quantitative estimate of drug-likeness (QED) is 0.876. The van der Waals surface area contributed by atoms with Crippen molar-refractivity contribution in [3.8, 4) is 11.1 Å². The van der Waals surface area contributed by atoms with Crippen molar-refractivity contribution in [1.29, 1.82) is 0 Å². The van der Waals surface area contributed by atoms with Gasteiger partial charge in [-0.05, 0) is 47.9 Å². The van der Waals surface area contributed by atoms with Crippen LogP contribution in [0.25, 0.3) is 11.1 Å². The maximum Gasteiger partial charge on any atom is 0.410 e. The van der Waals surface area contributed by atoms with Crippen LogP contribution in [-0.2, 0) is 4.74 Å². The molecule has 0 saturated carbocycles. The Kier molecular flexibility index (Phi) is 4.92. The molecule has 3 atom stereocenters. The van der Waals surface area contributed by atoms with Gasteiger partial charge >= 0.3 is 6.09 Å². The van der Waals surface area contributed by atoms with E-state index >= 15 is 0 Å². The Hall–Kier alpha value is -2.33. The average Bonchev–Trinajstić information content (AvgIpc) is 3.00. The first-order chi connectivity index (χ1) is 13.1. The minimum absolute atomic E-state index is 0.0649. The summed E-state index contributed by atoms with van der Waals surface area (Å²) in [7, 11) is 0. The molecule has 27 heavy (non-hydrogen) atoms. The monoisotopic (exact) mass is 365 g/mol. The van der Waals surface area contributed by atoms with Gasteiger partial charge in [-0.1, -0.05) is 55.5 Å². The Balaban J connectivity index is 1.51. The lowest BCUT2D eigenvalue weighted by atomic mass is 9.90. The van der Waals surface area contributed by atoms with E-state index in [-0.39, 0.29) is 18.1 Å². The molecule has 3 unspecified atom stereocenters. The number of hydrogen-bond donors (Lipinski definition) is 1. The lowest BCUT2D eigenvalue weighted by molar-refractivity contribution is 0.0122. The minimum Gasteiger partial charge on any atom is -0.448 e. The molecule has 1 saturated heterocycles. The van der Waals surface area contributed by atoms with Crippen molar-refractivity contribution < 1.29 is 14.6 Å². The molecule has 1 heterocycles. The van der Waals surface area contributed by atoms with Crippen molar-refractivity contribution >= 4 is 6.09 Å². The third-order valence-corrected chi connectivity index (χ3v) is 6.03. The Labute approximate surface area is 160 Å². The fraction of sp³-hybridized carbons (Fsp3) is 0.435. The van der Waals surface area contributed by atoms with Crippen LogP contribution in [0.4, 0.5) is 4.79 Å². The van der Waals surface area contributed by atoms with Crippen LogP contribution in [0.1, 0.15) is 43.7 Å². The molecule has 4 nitrogen and oxygen atoms in total. The Morgan fingerprint density at radius 2 is 1.74 bits per heavy atom. The number of benzene rings is 2. The first-order valence-electron chi connectivity index (χ1n) is 9.86. The van der Waals surface area contributed by atoms with Gasteiger partial charge in [-0.3, -0.25) is 0 Å². The number of piperidine rings is 1. The highest BCUT2D eigenvalue weighted by molar-refractivity contribution is 5.79. The lowest BCUT2D eigenvalue weighted by Gasteiger charge is -2.39. The number of carbonyl (C=O) groups is 1. The molecule has 1 N–H and O–H groups in total. The van der Waals surface area contributed by atoms with E-state index in [4.69, 9.17) is 4.74 Å². The molecule has 4 rings (SSSR count). The number of ether oxygens (including phenoxy) is 1. The number of fused-ring (bicyclic) bond motifs is 3. The third kappa shape index (κ3) is 3.34. The maximum atomic E-state index is 12.8. The number of carbonyl (C=O) groups excluding carboxylic acids is 1. The van der Waals surface area contributed by atoms with Crippen LogP contribution in [-0.4, -0.2) is 41.4 Å². The second kappa shape index (κ2) is 7.35. The molecule has 1 amide bonds. The summed E-state index contributed by atoms with van der Waals surface area (Å²) < 4.78 is 5.77. The molecular formula is C23H27NO3. The number of rotatable bonds is 3. The highest BCUT2D eigenvalue weighted by Gasteiger charge is 2.35. The average molecular weight is 365 g/mol. The summed E-state index contributed by atoms with van der Waals surface area (Å²) in [4.78, 5) is 14.5. The van der Waals surface area contributed by atoms with E-state index in [1.165, 1.54) is 22.3 Å². The molecule has 0 radical (unpaired) electrons. The van der Waals surface area contributed by atoms with Crippen LogP contribution in [0, 0.1) is 5.92 Å². The summed E-state index contributed by atoms with van der Waals surface area (Å²) in [5, 5.41) is 10.1. The fourth-order valence-electron chi connectivity index (χ4n) is 4.54. The van der Waals surface area contributed by atoms with Gasteiger partial charge in [0.25, 0.3) is 0 Å². The van der Waals surface area contributed by atoms with E-state index in [1.54, 1.807) is 11.8 Å². The van der Waals surface area contributed by atoms with Crippen LogP contribution < -0.4 is 0 Å². The first-order valence-corrected chi connectivity index (χ1v) is 9.86. The van der Waals surface area contributed by atoms with Crippen molar-refractivity contribution in [1.82, 2.24) is 4.90 Å². The minimum atomic E-state index is -0.548. The smallest absolute Gasteiger partial charge is 0.410 e. The predicted octanol–water partition coefficient (Wildman–Crippen LogP) is 4.42. The van der Waals surface area contributed by atoms with Gasteiger partial charge in [-0.2, -0.15) is 0 Å². The van der Waals surface area contributed by atoms with Gasteiger partial charge < -0.3 is 14.7 Å². The van der Waals surface area contributed by atoms with Crippen LogP contribution in [0.5, 0.6) is 0 Å². The van der Waals surface area contributed by atoms with Crippen molar-refractivity contribution in [2.75, 3.05) is 13.2 Å². The third-order valence-electron chi connectivity index (χ3n) is 6.03. The van der Waals surface area contributed by atoms with Gasteiger partial charge in [-0.15, -0.1) is 0 Å². The number of nitrogens with zero attached hydrogens (tertiary/aromatic N) is 1. The number of aliphatic hydroxyl groups excluding tert-OH is 1. The molecular weight excluding hydrogens is 338 g/mol. The molecule has 4 heteroatoms. The molecule has 1 aliphatic heterocycles. The molecule has 142 valence electrons. The molecule has 2 aromatic carbocycles. The second-order valence-corrected chi connectivity index (χ2v) is 7.93. The topological polar surface area (TPSA) is 49.8 Å². The number of aliphatic hydroxyl groups is 1. The zero-order chi connectivity index (χ0) is 19.0. The maximum absolute atomic E-state index is 12.8. The SMILES string of the molecule is CC1CCN(C(=O)OCC2c3ccccc3-c3ccccc32)C(C(C)O)C1. The summed E-state index contributed by atoms with van der Waals surface area (Å²) in [6, 6.07) is 16.5. The zero-order valence-electron chi connectivity index (χ0n) is 16.0. The number of likely N-dealkylation sites (tertiary alicyclic amines) is 1.